The second-order valence-electron chi connectivity index (χ2n) is 9.68. The van der Waals surface area contributed by atoms with Gasteiger partial charge in [-0.05, 0) is 60.1 Å². The van der Waals surface area contributed by atoms with Crippen LogP contribution in [0.2, 0.25) is 0 Å². The van der Waals surface area contributed by atoms with Gasteiger partial charge in [0.15, 0.2) is 0 Å². The molecule has 2 heterocycles. The van der Waals surface area contributed by atoms with Gasteiger partial charge in [0.2, 0.25) is 0 Å². The van der Waals surface area contributed by atoms with Gasteiger partial charge in [0.1, 0.15) is 0 Å². The number of aromatic nitrogens is 2. The molecule has 1 aliphatic heterocycles. The van der Waals surface area contributed by atoms with Gasteiger partial charge < -0.3 is 10.2 Å². The van der Waals surface area contributed by atoms with E-state index in [4.69, 9.17) is 0 Å². The highest BCUT2D eigenvalue weighted by molar-refractivity contribution is 5.99. The largest absolute Gasteiger partial charge is 0.355 e. The van der Waals surface area contributed by atoms with E-state index in [0.29, 0.717) is 24.1 Å². The van der Waals surface area contributed by atoms with Crippen LogP contribution in [0.1, 0.15) is 63.4 Å². The first-order valence-corrected chi connectivity index (χ1v) is 11.1. The van der Waals surface area contributed by atoms with Crippen LogP contribution in [0, 0.1) is 5.41 Å². The Hall–Kier alpha value is -3.41. The van der Waals surface area contributed by atoms with E-state index >= 15 is 0 Å². The molecule has 2 amide bonds. The minimum absolute atomic E-state index is 0.0488. The maximum Gasteiger partial charge on any atom is 0.254 e. The van der Waals surface area contributed by atoms with E-state index in [9.17, 15) is 9.59 Å². The molecular weight excluding hydrogens is 400 g/mol. The Morgan fingerprint density at radius 1 is 1.19 bits per heavy atom. The molecule has 2 N–H and O–H groups in total. The van der Waals surface area contributed by atoms with Crippen LogP contribution in [-0.4, -0.2) is 34.0 Å². The van der Waals surface area contributed by atoms with E-state index in [1.807, 2.05) is 29.2 Å². The predicted octanol–water partition coefficient (Wildman–Crippen LogP) is 4.11. The number of nitrogens with one attached hydrogen (secondary N) is 2. The van der Waals surface area contributed by atoms with Gasteiger partial charge in [-0.3, -0.25) is 14.7 Å². The number of rotatable bonds is 4. The number of fused-ring (bicyclic) bond motifs is 2. The monoisotopic (exact) mass is 428 g/mol. The van der Waals surface area contributed by atoms with Gasteiger partial charge in [0.25, 0.3) is 11.8 Å². The lowest BCUT2D eigenvalue weighted by Gasteiger charge is -2.29. The molecule has 0 saturated carbocycles. The lowest BCUT2D eigenvalue weighted by Crippen LogP contribution is -2.23. The zero-order chi connectivity index (χ0) is 22.5. The Bertz CT molecular complexity index is 1210. The summed E-state index contributed by atoms with van der Waals surface area (Å²) in [6, 6.07) is 13.5. The minimum atomic E-state index is -0.113. The van der Waals surface area contributed by atoms with Gasteiger partial charge >= 0.3 is 0 Å². The normalized spacial score (nSPS) is 16.6. The summed E-state index contributed by atoms with van der Waals surface area (Å²) < 4.78 is 0. The molecule has 2 aromatic carbocycles. The molecule has 164 valence electrons. The molecule has 3 aromatic rings. The summed E-state index contributed by atoms with van der Waals surface area (Å²) in [4.78, 5) is 26.6. The van der Waals surface area contributed by atoms with Crippen LogP contribution in [0.4, 0.5) is 0 Å². The number of benzene rings is 2. The first kappa shape index (κ1) is 20.5. The molecular formula is C26H28N4O2. The molecule has 0 saturated heterocycles. The fourth-order valence-corrected chi connectivity index (χ4v) is 4.87. The van der Waals surface area contributed by atoms with Crippen LogP contribution in [-0.2, 0) is 25.9 Å². The van der Waals surface area contributed by atoms with Gasteiger partial charge in [-0.2, -0.15) is 5.10 Å². The van der Waals surface area contributed by atoms with Crippen LogP contribution in [0.15, 0.2) is 42.5 Å². The first-order chi connectivity index (χ1) is 15.3. The average molecular weight is 429 g/mol. The molecule has 2 aliphatic rings. The van der Waals surface area contributed by atoms with E-state index in [1.165, 1.54) is 11.3 Å². The van der Waals surface area contributed by atoms with Gasteiger partial charge in [-0.1, -0.05) is 32.0 Å². The van der Waals surface area contributed by atoms with Crippen molar-refractivity contribution in [2.24, 2.45) is 5.41 Å². The molecule has 0 spiro atoms. The van der Waals surface area contributed by atoms with Crippen molar-refractivity contribution in [3.8, 4) is 11.3 Å². The van der Waals surface area contributed by atoms with Gasteiger partial charge in [-0.25, -0.2) is 0 Å². The summed E-state index contributed by atoms with van der Waals surface area (Å²) in [5.74, 6) is -0.0643. The quantitative estimate of drug-likeness (QED) is 0.657. The second-order valence-corrected chi connectivity index (χ2v) is 9.68. The molecule has 1 aliphatic carbocycles. The molecule has 32 heavy (non-hydrogen) atoms. The summed E-state index contributed by atoms with van der Waals surface area (Å²) in [6.07, 6.45) is 3.20. The fourth-order valence-electron chi connectivity index (χ4n) is 4.87. The molecule has 0 fully saturated rings. The zero-order valence-corrected chi connectivity index (χ0v) is 18.8. The van der Waals surface area contributed by atoms with Crippen LogP contribution < -0.4 is 5.32 Å². The molecule has 5 rings (SSSR count). The number of nitrogens with zero attached hydrogens (tertiary/aromatic N) is 2. The lowest BCUT2D eigenvalue weighted by atomic mass is 9.76. The number of carbonyl (C=O) groups is 2. The van der Waals surface area contributed by atoms with Crippen LogP contribution >= 0.6 is 0 Å². The minimum Gasteiger partial charge on any atom is -0.355 e. The molecule has 0 atom stereocenters. The highest BCUT2D eigenvalue weighted by Gasteiger charge is 2.31. The number of amides is 2. The standard InChI is InChI=1S/C26H28N4O2/c1-26(2)11-10-21-22(13-26)28-29-23(21)18-8-9-20-19(12-18)15-30(25(20)32)14-16-4-6-17(7-5-16)24(31)27-3/h4-9,12H,10-11,13-15H2,1-3H3,(H,27,31)(H,28,29). The topological polar surface area (TPSA) is 78.1 Å². The lowest BCUT2D eigenvalue weighted by molar-refractivity contribution is 0.0766. The molecule has 6 nitrogen and oxygen atoms in total. The maximum atomic E-state index is 13.0. The number of carbonyl (C=O) groups excluding carboxylic acids is 2. The van der Waals surface area contributed by atoms with Crippen LogP contribution in [0.25, 0.3) is 11.3 Å². The van der Waals surface area contributed by atoms with E-state index in [1.54, 1.807) is 19.2 Å². The van der Waals surface area contributed by atoms with Gasteiger partial charge in [-0.15, -0.1) is 0 Å². The molecule has 0 radical (unpaired) electrons. The zero-order valence-electron chi connectivity index (χ0n) is 18.8. The molecule has 0 bridgehead atoms. The third-order valence-corrected chi connectivity index (χ3v) is 6.73. The summed E-state index contributed by atoms with van der Waals surface area (Å²) in [5, 5.41) is 10.5. The summed E-state index contributed by atoms with van der Waals surface area (Å²) in [6.45, 7) is 5.71. The first-order valence-electron chi connectivity index (χ1n) is 11.1. The van der Waals surface area contributed by atoms with E-state index < -0.39 is 0 Å². The van der Waals surface area contributed by atoms with Crippen molar-refractivity contribution >= 4 is 11.8 Å². The van der Waals surface area contributed by atoms with E-state index in [2.05, 4.69) is 35.4 Å². The third kappa shape index (κ3) is 3.60. The maximum absolute atomic E-state index is 13.0. The van der Waals surface area contributed by atoms with Crippen LogP contribution in [0.5, 0.6) is 0 Å². The fraction of sp³-hybridized carbons (Fsp3) is 0.346. The van der Waals surface area contributed by atoms with Crippen molar-refractivity contribution in [3.63, 3.8) is 0 Å². The summed E-state index contributed by atoms with van der Waals surface area (Å²) >= 11 is 0. The van der Waals surface area contributed by atoms with Crippen molar-refractivity contribution in [2.75, 3.05) is 7.05 Å². The Labute approximate surface area is 188 Å². The number of aromatic amines is 1. The Morgan fingerprint density at radius 3 is 2.72 bits per heavy atom. The van der Waals surface area contributed by atoms with Crippen molar-refractivity contribution in [1.82, 2.24) is 20.4 Å². The average Bonchev–Trinajstić information content (AvgIpc) is 3.33. The Balaban J connectivity index is 1.35. The van der Waals surface area contributed by atoms with Crippen molar-refractivity contribution in [2.45, 2.75) is 46.2 Å². The Morgan fingerprint density at radius 2 is 1.97 bits per heavy atom. The van der Waals surface area contributed by atoms with Gasteiger partial charge in [0.05, 0.1) is 5.69 Å². The van der Waals surface area contributed by atoms with Crippen molar-refractivity contribution < 1.29 is 9.59 Å². The molecule has 0 unspecified atom stereocenters. The number of hydrogen-bond acceptors (Lipinski definition) is 3. The number of H-pyrrole nitrogens is 1. The smallest absolute Gasteiger partial charge is 0.254 e. The van der Waals surface area contributed by atoms with Crippen molar-refractivity contribution in [1.29, 1.82) is 0 Å². The number of hydrogen-bond donors (Lipinski definition) is 2. The highest BCUT2D eigenvalue weighted by Crippen LogP contribution is 2.38. The summed E-state index contributed by atoms with van der Waals surface area (Å²) in [5.41, 5.74) is 8.39. The second kappa shape index (κ2) is 7.62. The molecule has 1 aromatic heterocycles. The van der Waals surface area contributed by atoms with Gasteiger partial charge in [0, 0.05) is 48.1 Å². The van der Waals surface area contributed by atoms with E-state index in [-0.39, 0.29) is 11.8 Å². The highest BCUT2D eigenvalue weighted by atomic mass is 16.2. The van der Waals surface area contributed by atoms with Crippen LogP contribution in [0.3, 0.4) is 0 Å². The molecule has 6 heteroatoms. The third-order valence-electron chi connectivity index (χ3n) is 6.73. The van der Waals surface area contributed by atoms with Crippen molar-refractivity contribution in [3.05, 3.63) is 76.0 Å². The Kier molecular flexibility index (Phi) is 4.88. The predicted molar refractivity (Wildman–Crippen MR) is 123 cm³/mol. The van der Waals surface area contributed by atoms with E-state index in [0.717, 1.165) is 47.2 Å². The summed E-state index contributed by atoms with van der Waals surface area (Å²) in [7, 11) is 1.62. The SMILES string of the molecule is CNC(=O)c1ccc(CN2Cc3cc(-c4n[nH]c5c4CCC(C)(C)C5)ccc3C2=O)cc1.